The Hall–Kier alpha value is -3.56. The van der Waals surface area contributed by atoms with E-state index in [1.807, 2.05) is 16.7 Å². The number of hydrogen-bond donors (Lipinski definition) is 1. The lowest BCUT2D eigenvalue weighted by atomic mass is 10.2. The number of thioether (sulfide) groups is 1. The molecule has 0 atom stereocenters. The van der Waals surface area contributed by atoms with Crippen molar-refractivity contribution in [1.29, 1.82) is 0 Å². The molecule has 10 heteroatoms. The second-order valence-corrected chi connectivity index (χ2v) is 8.28. The fraction of sp³-hybridized carbons (Fsp3) is 0.130. The molecule has 0 saturated carbocycles. The molecule has 0 radical (unpaired) electrons. The number of halogens is 1. The first-order valence-electron chi connectivity index (χ1n) is 9.83. The molecule has 8 nitrogen and oxygen atoms in total. The van der Waals surface area contributed by atoms with Crippen LogP contribution in [0, 0.1) is 0 Å². The molecule has 0 aliphatic carbocycles. The van der Waals surface area contributed by atoms with Crippen LogP contribution >= 0.6 is 23.4 Å². The Bertz CT molecular complexity index is 1330. The largest absolute Gasteiger partial charge is 0.465 e. The van der Waals surface area contributed by atoms with Crippen molar-refractivity contribution in [2.45, 2.75) is 11.7 Å². The molecule has 0 saturated heterocycles. The Morgan fingerprint density at radius 1 is 1.21 bits per heavy atom. The lowest BCUT2D eigenvalue weighted by Crippen LogP contribution is -2.15. The molecule has 2 aromatic heterocycles. The average molecular weight is 483 g/mol. The van der Waals surface area contributed by atoms with Crippen molar-refractivity contribution in [2.75, 3.05) is 18.2 Å². The number of methoxy groups -OCH3 is 1. The zero-order valence-electron chi connectivity index (χ0n) is 17.6. The number of carbonyl (C=O) groups excluding carboxylic acids is 2. The van der Waals surface area contributed by atoms with Crippen molar-refractivity contribution in [2.24, 2.45) is 0 Å². The lowest BCUT2D eigenvalue weighted by molar-refractivity contribution is -0.113. The topological polar surface area (TPSA) is 99.2 Å². The molecule has 4 aromatic rings. The van der Waals surface area contributed by atoms with E-state index in [-0.39, 0.29) is 11.7 Å². The number of nitrogens with one attached hydrogen (secondary N) is 1. The van der Waals surface area contributed by atoms with Crippen LogP contribution in [0.2, 0.25) is 5.02 Å². The number of nitrogens with zero attached hydrogens (tertiary/aromatic N) is 3. The molecule has 33 heavy (non-hydrogen) atoms. The molecule has 0 aliphatic heterocycles. The first-order valence-corrected chi connectivity index (χ1v) is 11.2. The van der Waals surface area contributed by atoms with Crippen LogP contribution in [-0.4, -0.2) is 39.5 Å². The number of esters is 1. The standard InChI is InChI=1S/C23H19ClN4O4S/c1-3-10-28-21(19-12-15-11-16(24)6-9-18(15)32-19)26-27-23(28)33-13-20(29)25-17-7-4-14(5-8-17)22(30)31-2/h3-9,11-12H,1,10,13H2,2H3,(H,25,29). The minimum atomic E-state index is -0.437. The number of carbonyl (C=O) groups is 2. The number of rotatable bonds is 8. The first-order chi connectivity index (χ1) is 16.0. The zero-order chi connectivity index (χ0) is 23.4. The SMILES string of the molecule is C=CCn1c(SCC(=O)Nc2ccc(C(=O)OC)cc2)nnc1-c1cc2cc(Cl)ccc2o1. The van der Waals surface area contributed by atoms with Gasteiger partial charge in [-0.15, -0.1) is 16.8 Å². The Labute approximate surface area is 198 Å². The molecule has 0 aliphatic rings. The fourth-order valence-electron chi connectivity index (χ4n) is 3.13. The van der Waals surface area contributed by atoms with Gasteiger partial charge in [0.05, 0.1) is 18.4 Å². The molecule has 4 rings (SSSR count). The molecule has 0 unspecified atom stereocenters. The third-order valence-electron chi connectivity index (χ3n) is 4.65. The smallest absolute Gasteiger partial charge is 0.337 e. The van der Waals surface area contributed by atoms with E-state index >= 15 is 0 Å². The van der Waals surface area contributed by atoms with E-state index < -0.39 is 5.97 Å². The van der Waals surface area contributed by atoms with Crippen molar-refractivity contribution in [1.82, 2.24) is 14.8 Å². The Morgan fingerprint density at radius 3 is 2.73 bits per heavy atom. The van der Waals surface area contributed by atoms with Gasteiger partial charge in [0.25, 0.3) is 0 Å². The summed E-state index contributed by atoms with van der Waals surface area (Å²) in [4.78, 5) is 23.9. The number of furan rings is 1. The van der Waals surface area contributed by atoms with E-state index in [4.69, 9.17) is 16.0 Å². The lowest BCUT2D eigenvalue weighted by Gasteiger charge is -2.07. The summed E-state index contributed by atoms with van der Waals surface area (Å²) in [5.74, 6) is 0.531. The van der Waals surface area contributed by atoms with Crippen LogP contribution in [0.15, 0.2) is 70.8 Å². The minimum Gasteiger partial charge on any atom is -0.465 e. The van der Waals surface area contributed by atoms with Gasteiger partial charge in [0.1, 0.15) is 5.58 Å². The zero-order valence-corrected chi connectivity index (χ0v) is 19.2. The monoisotopic (exact) mass is 482 g/mol. The molecule has 2 heterocycles. The summed E-state index contributed by atoms with van der Waals surface area (Å²) in [6.07, 6.45) is 1.72. The number of amides is 1. The fourth-order valence-corrected chi connectivity index (χ4v) is 4.06. The molecule has 1 N–H and O–H groups in total. The maximum absolute atomic E-state index is 12.4. The molecule has 2 aromatic carbocycles. The van der Waals surface area contributed by atoms with Gasteiger partial charge < -0.3 is 14.5 Å². The van der Waals surface area contributed by atoms with Gasteiger partial charge in [-0.1, -0.05) is 29.4 Å². The second-order valence-electron chi connectivity index (χ2n) is 6.90. The molecular formula is C23H19ClN4O4S. The van der Waals surface area contributed by atoms with E-state index in [1.54, 1.807) is 42.5 Å². The first kappa shape index (κ1) is 22.6. The van der Waals surface area contributed by atoms with Gasteiger partial charge in [0, 0.05) is 22.6 Å². The minimum absolute atomic E-state index is 0.115. The number of anilines is 1. The van der Waals surface area contributed by atoms with Gasteiger partial charge in [-0.05, 0) is 48.5 Å². The highest BCUT2D eigenvalue weighted by molar-refractivity contribution is 7.99. The maximum Gasteiger partial charge on any atom is 0.337 e. The summed E-state index contributed by atoms with van der Waals surface area (Å²) >= 11 is 7.31. The van der Waals surface area contributed by atoms with Crippen molar-refractivity contribution < 1.29 is 18.7 Å². The van der Waals surface area contributed by atoms with Crippen LogP contribution in [0.5, 0.6) is 0 Å². The highest BCUT2D eigenvalue weighted by atomic mass is 35.5. The van der Waals surface area contributed by atoms with Crippen LogP contribution in [0.25, 0.3) is 22.6 Å². The highest BCUT2D eigenvalue weighted by Gasteiger charge is 2.18. The quantitative estimate of drug-likeness (QED) is 0.213. The van der Waals surface area contributed by atoms with Crippen LogP contribution in [0.1, 0.15) is 10.4 Å². The Kier molecular flexibility index (Phi) is 6.81. The predicted molar refractivity (Wildman–Crippen MR) is 128 cm³/mol. The average Bonchev–Trinajstić information content (AvgIpc) is 3.41. The summed E-state index contributed by atoms with van der Waals surface area (Å²) in [7, 11) is 1.32. The molecule has 1 amide bonds. The summed E-state index contributed by atoms with van der Waals surface area (Å²) in [6, 6.07) is 13.7. The van der Waals surface area contributed by atoms with E-state index in [0.29, 0.717) is 45.1 Å². The van der Waals surface area contributed by atoms with E-state index in [0.717, 1.165) is 5.39 Å². The Morgan fingerprint density at radius 2 is 2.00 bits per heavy atom. The number of hydrogen-bond acceptors (Lipinski definition) is 7. The number of benzene rings is 2. The molecule has 0 spiro atoms. The van der Waals surface area contributed by atoms with Gasteiger partial charge in [-0.3, -0.25) is 9.36 Å². The second kappa shape index (κ2) is 9.93. The van der Waals surface area contributed by atoms with Gasteiger partial charge in [-0.25, -0.2) is 4.79 Å². The number of ether oxygens (including phenoxy) is 1. The summed E-state index contributed by atoms with van der Waals surface area (Å²) < 4.78 is 12.4. The van der Waals surface area contributed by atoms with E-state index in [9.17, 15) is 9.59 Å². The summed E-state index contributed by atoms with van der Waals surface area (Å²) in [6.45, 7) is 4.24. The maximum atomic E-state index is 12.4. The van der Waals surface area contributed by atoms with Crippen molar-refractivity contribution in [3.8, 4) is 11.6 Å². The predicted octanol–water partition coefficient (Wildman–Crippen LogP) is 5.05. The molecule has 0 fully saturated rings. The third kappa shape index (κ3) is 5.10. The van der Waals surface area contributed by atoms with Crippen LogP contribution in [0.4, 0.5) is 5.69 Å². The molecule has 0 bridgehead atoms. The van der Waals surface area contributed by atoms with Crippen LogP contribution in [-0.2, 0) is 16.1 Å². The van der Waals surface area contributed by atoms with Gasteiger partial charge in [0.2, 0.25) is 11.7 Å². The van der Waals surface area contributed by atoms with Crippen LogP contribution in [0.3, 0.4) is 0 Å². The Balaban J connectivity index is 1.46. The van der Waals surface area contributed by atoms with Crippen molar-refractivity contribution in [3.63, 3.8) is 0 Å². The van der Waals surface area contributed by atoms with Gasteiger partial charge >= 0.3 is 5.97 Å². The van der Waals surface area contributed by atoms with Crippen molar-refractivity contribution in [3.05, 3.63) is 71.8 Å². The van der Waals surface area contributed by atoms with E-state index in [2.05, 4.69) is 26.8 Å². The highest BCUT2D eigenvalue weighted by Crippen LogP contribution is 2.30. The number of allylic oxidation sites excluding steroid dienone is 1. The number of fused-ring (bicyclic) bond motifs is 1. The molecular weight excluding hydrogens is 464 g/mol. The van der Waals surface area contributed by atoms with Crippen LogP contribution < -0.4 is 5.32 Å². The van der Waals surface area contributed by atoms with Crippen molar-refractivity contribution >= 4 is 51.9 Å². The van der Waals surface area contributed by atoms with Gasteiger partial charge in [0.15, 0.2) is 10.9 Å². The third-order valence-corrected chi connectivity index (χ3v) is 5.85. The van der Waals surface area contributed by atoms with E-state index in [1.165, 1.54) is 18.9 Å². The molecule has 168 valence electrons. The summed E-state index contributed by atoms with van der Waals surface area (Å²) in [5, 5.41) is 13.3. The number of aromatic nitrogens is 3. The van der Waals surface area contributed by atoms with Gasteiger partial charge in [-0.2, -0.15) is 0 Å². The summed E-state index contributed by atoms with van der Waals surface area (Å²) in [5.41, 5.74) is 1.67. The normalized spacial score (nSPS) is 10.8.